The molecule has 0 aliphatic carbocycles. The van der Waals surface area contributed by atoms with Crippen molar-refractivity contribution in [3.8, 4) is 0 Å². The smallest absolute Gasteiger partial charge is 0.115 e. The fourth-order valence-electron chi connectivity index (χ4n) is 1.90. The van der Waals surface area contributed by atoms with Gasteiger partial charge < -0.3 is 4.74 Å². The summed E-state index contributed by atoms with van der Waals surface area (Å²) in [7, 11) is 0. The van der Waals surface area contributed by atoms with Crippen LogP contribution in [0, 0.1) is 6.92 Å². The second kappa shape index (κ2) is 4.87. The van der Waals surface area contributed by atoms with Crippen LogP contribution in [0.15, 0.2) is 30.0 Å². The Hall–Kier alpha value is -1.03. The van der Waals surface area contributed by atoms with Gasteiger partial charge in [-0.3, -0.25) is 5.84 Å². The van der Waals surface area contributed by atoms with Crippen LogP contribution in [0.4, 0.5) is 0 Å². The molecule has 3 nitrogen and oxygen atoms in total. The van der Waals surface area contributed by atoms with E-state index < -0.39 is 0 Å². The summed E-state index contributed by atoms with van der Waals surface area (Å²) in [5.41, 5.74) is 4.87. The molecule has 1 aliphatic rings. The predicted molar refractivity (Wildman–Crippen MR) is 64.9 cm³/mol. The third-order valence-corrected chi connectivity index (χ3v) is 3.21. The molecule has 1 aliphatic heterocycles. The van der Waals surface area contributed by atoms with Gasteiger partial charge in [-0.15, -0.1) is 0 Å². The van der Waals surface area contributed by atoms with E-state index in [4.69, 9.17) is 22.2 Å². The van der Waals surface area contributed by atoms with Crippen LogP contribution in [0.5, 0.6) is 0 Å². The lowest BCUT2D eigenvalue weighted by atomic mass is 10.00. The Morgan fingerprint density at radius 2 is 2.31 bits per heavy atom. The van der Waals surface area contributed by atoms with Gasteiger partial charge in [-0.25, -0.2) is 5.43 Å². The third-order valence-electron chi connectivity index (χ3n) is 2.80. The number of hydrogen-bond acceptors (Lipinski definition) is 3. The van der Waals surface area contributed by atoms with Crippen LogP contribution in [0.3, 0.4) is 0 Å². The molecule has 1 atom stereocenters. The molecule has 1 aromatic rings. The predicted octanol–water partition coefficient (Wildman–Crippen LogP) is 2.46. The van der Waals surface area contributed by atoms with E-state index in [0.717, 1.165) is 34.9 Å². The summed E-state index contributed by atoms with van der Waals surface area (Å²) >= 11 is 6.09. The average molecular weight is 239 g/mol. The molecule has 0 spiro atoms. The van der Waals surface area contributed by atoms with Crippen molar-refractivity contribution in [2.75, 3.05) is 6.61 Å². The molecule has 0 radical (unpaired) electrons. The normalized spacial score (nSPS) is 16.8. The van der Waals surface area contributed by atoms with Crippen LogP contribution in [-0.2, 0) is 4.74 Å². The summed E-state index contributed by atoms with van der Waals surface area (Å²) in [6, 6.07) is 5.69. The molecule has 1 unspecified atom stereocenters. The molecule has 3 N–H and O–H groups in total. The monoisotopic (exact) mass is 238 g/mol. The van der Waals surface area contributed by atoms with Crippen LogP contribution < -0.4 is 11.3 Å². The summed E-state index contributed by atoms with van der Waals surface area (Å²) < 4.78 is 5.53. The zero-order valence-corrected chi connectivity index (χ0v) is 9.92. The zero-order valence-electron chi connectivity index (χ0n) is 9.16. The molecule has 0 amide bonds. The summed E-state index contributed by atoms with van der Waals surface area (Å²) in [5, 5.41) is 0.747. The van der Waals surface area contributed by atoms with Crippen molar-refractivity contribution in [2.24, 2.45) is 5.84 Å². The van der Waals surface area contributed by atoms with Crippen molar-refractivity contribution in [1.82, 2.24) is 5.43 Å². The van der Waals surface area contributed by atoms with Crippen molar-refractivity contribution < 1.29 is 4.74 Å². The van der Waals surface area contributed by atoms with Gasteiger partial charge in [0, 0.05) is 11.4 Å². The highest BCUT2D eigenvalue weighted by atomic mass is 35.5. The number of nitrogens with one attached hydrogen (secondary N) is 1. The number of benzene rings is 1. The minimum atomic E-state index is -0.110. The molecule has 0 aromatic heterocycles. The number of halogens is 1. The Bertz CT molecular complexity index is 417. The van der Waals surface area contributed by atoms with Gasteiger partial charge in [0.25, 0.3) is 0 Å². The summed E-state index contributed by atoms with van der Waals surface area (Å²) in [6.45, 7) is 2.71. The maximum atomic E-state index is 6.09. The Kier molecular flexibility index (Phi) is 3.49. The maximum absolute atomic E-state index is 6.09. The van der Waals surface area contributed by atoms with Gasteiger partial charge >= 0.3 is 0 Å². The Morgan fingerprint density at radius 3 is 2.94 bits per heavy atom. The van der Waals surface area contributed by atoms with Crippen LogP contribution in [0.1, 0.15) is 23.6 Å². The molecule has 0 saturated carbocycles. The summed E-state index contributed by atoms with van der Waals surface area (Å²) in [4.78, 5) is 0. The largest absolute Gasteiger partial charge is 0.496 e. The van der Waals surface area contributed by atoms with Crippen LogP contribution in [-0.4, -0.2) is 6.61 Å². The van der Waals surface area contributed by atoms with Crippen molar-refractivity contribution in [1.29, 1.82) is 0 Å². The van der Waals surface area contributed by atoms with E-state index in [1.54, 1.807) is 0 Å². The molecule has 0 fully saturated rings. The van der Waals surface area contributed by atoms with Gasteiger partial charge in [0.05, 0.1) is 6.61 Å². The first-order valence-electron chi connectivity index (χ1n) is 5.28. The van der Waals surface area contributed by atoms with Crippen molar-refractivity contribution in [3.63, 3.8) is 0 Å². The van der Waals surface area contributed by atoms with Crippen LogP contribution in [0.25, 0.3) is 0 Å². The first-order valence-corrected chi connectivity index (χ1v) is 5.66. The number of rotatable bonds is 3. The van der Waals surface area contributed by atoms with E-state index in [0.29, 0.717) is 0 Å². The lowest BCUT2D eigenvalue weighted by Crippen LogP contribution is -2.30. The molecule has 1 heterocycles. The molecule has 4 heteroatoms. The van der Waals surface area contributed by atoms with E-state index in [2.05, 4.69) is 11.5 Å². The number of hydrogen-bond donors (Lipinski definition) is 2. The van der Waals surface area contributed by atoms with Gasteiger partial charge in [0.1, 0.15) is 11.8 Å². The fraction of sp³-hybridized carbons (Fsp3) is 0.333. The van der Waals surface area contributed by atoms with Crippen molar-refractivity contribution >= 4 is 11.6 Å². The third kappa shape index (κ3) is 2.07. The quantitative estimate of drug-likeness (QED) is 0.628. The Morgan fingerprint density at radius 1 is 1.50 bits per heavy atom. The lowest BCUT2D eigenvalue weighted by molar-refractivity contribution is 0.215. The van der Waals surface area contributed by atoms with Crippen molar-refractivity contribution in [2.45, 2.75) is 19.4 Å². The highest BCUT2D eigenvalue weighted by Gasteiger charge is 2.21. The Labute approximate surface area is 100 Å². The topological polar surface area (TPSA) is 47.3 Å². The molecule has 1 aromatic carbocycles. The van der Waals surface area contributed by atoms with E-state index in [1.165, 1.54) is 0 Å². The molecule has 0 bridgehead atoms. The first kappa shape index (κ1) is 11.5. The molecule has 2 rings (SSSR count). The minimum Gasteiger partial charge on any atom is -0.496 e. The second-order valence-electron chi connectivity index (χ2n) is 3.80. The van der Waals surface area contributed by atoms with E-state index >= 15 is 0 Å². The molecular formula is C12H15ClN2O. The average Bonchev–Trinajstić information content (AvgIpc) is 2.79. The highest BCUT2D eigenvalue weighted by molar-refractivity contribution is 6.31. The maximum Gasteiger partial charge on any atom is 0.115 e. The summed E-state index contributed by atoms with van der Waals surface area (Å²) in [5.74, 6) is 6.47. The van der Waals surface area contributed by atoms with Gasteiger partial charge in [0.15, 0.2) is 0 Å². The minimum absolute atomic E-state index is 0.110. The van der Waals surface area contributed by atoms with Gasteiger partial charge in [-0.1, -0.05) is 23.7 Å². The van der Waals surface area contributed by atoms with Gasteiger partial charge in [-0.2, -0.15) is 0 Å². The van der Waals surface area contributed by atoms with Crippen molar-refractivity contribution in [3.05, 3.63) is 46.2 Å². The molecule has 86 valence electrons. The Balaban J connectivity index is 2.36. The van der Waals surface area contributed by atoms with Gasteiger partial charge in [0.2, 0.25) is 0 Å². The fourth-order valence-corrected chi connectivity index (χ4v) is 2.08. The molecule has 0 saturated heterocycles. The first-order chi connectivity index (χ1) is 7.74. The summed E-state index contributed by atoms with van der Waals surface area (Å²) in [6.07, 6.45) is 3.00. The SMILES string of the molecule is Cc1c(Cl)cccc1C(NN)C1=CCCO1. The molecule has 16 heavy (non-hydrogen) atoms. The van der Waals surface area contributed by atoms with Crippen LogP contribution in [0.2, 0.25) is 5.02 Å². The molecular weight excluding hydrogens is 224 g/mol. The number of nitrogens with two attached hydrogens (primary N) is 1. The van der Waals surface area contributed by atoms with Gasteiger partial charge in [-0.05, 0) is 30.2 Å². The second-order valence-corrected chi connectivity index (χ2v) is 4.20. The van der Waals surface area contributed by atoms with E-state index in [1.807, 2.05) is 25.1 Å². The standard InChI is InChI=1S/C12H15ClN2O/c1-8-9(4-2-5-10(8)13)12(15-14)11-6-3-7-16-11/h2,4-6,12,15H,3,7,14H2,1H3. The van der Waals surface area contributed by atoms with E-state index in [-0.39, 0.29) is 6.04 Å². The lowest BCUT2D eigenvalue weighted by Gasteiger charge is -2.20. The zero-order chi connectivity index (χ0) is 11.5. The highest BCUT2D eigenvalue weighted by Crippen LogP contribution is 2.30. The van der Waals surface area contributed by atoms with E-state index in [9.17, 15) is 0 Å². The van der Waals surface area contributed by atoms with Crippen LogP contribution >= 0.6 is 11.6 Å². The number of hydrazine groups is 1. The number of ether oxygens (including phenoxy) is 1.